The Morgan fingerprint density at radius 1 is 1.46 bits per heavy atom. The molecule has 0 radical (unpaired) electrons. The molecule has 11 heteroatoms. The molecule has 2 heterocycles. The number of anilines is 1. The molecule has 0 unspecified atom stereocenters. The van der Waals surface area contributed by atoms with Crippen LogP contribution in [0.4, 0.5) is 14.6 Å². The van der Waals surface area contributed by atoms with Crippen molar-refractivity contribution in [2.45, 2.75) is 12.3 Å². The van der Waals surface area contributed by atoms with E-state index in [-0.39, 0.29) is 10.8 Å². The number of aromatic amines is 1. The van der Waals surface area contributed by atoms with Gasteiger partial charge in [0.25, 0.3) is 5.56 Å². The average Bonchev–Trinajstić information content (AvgIpc) is 2.48. The third-order valence-electron chi connectivity index (χ3n) is 2.87. The van der Waals surface area contributed by atoms with Crippen LogP contribution in [0.1, 0.15) is 11.4 Å². The summed E-state index contributed by atoms with van der Waals surface area (Å²) in [7, 11) is 0. The van der Waals surface area contributed by atoms with Crippen molar-refractivity contribution in [1.29, 1.82) is 0 Å². The lowest BCUT2D eigenvalue weighted by Gasteiger charge is -2.17. The molecule has 4 N–H and O–H groups in total. The van der Waals surface area contributed by atoms with Crippen LogP contribution in [0.3, 0.4) is 0 Å². The minimum Gasteiger partial charge on any atom is -0.506 e. The SMILES string of the molecule is O=C(O)Cc1nc(NCC(F)(F)c2ncccc2O)c(=O)[nH]c1Cl. The fraction of sp³-hybridized carbons (Fsp3) is 0.231. The summed E-state index contributed by atoms with van der Waals surface area (Å²) in [4.78, 5) is 31.5. The number of carbonyl (C=O) groups is 1. The number of hydrogen-bond donors (Lipinski definition) is 4. The second-order valence-electron chi connectivity index (χ2n) is 4.67. The molecule has 0 saturated carbocycles. The quantitative estimate of drug-likeness (QED) is 0.612. The molecule has 24 heavy (non-hydrogen) atoms. The number of aromatic nitrogens is 3. The molecule has 2 aromatic rings. The van der Waals surface area contributed by atoms with E-state index in [0.717, 1.165) is 12.3 Å². The smallest absolute Gasteiger partial charge is 0.310 e. The summed E-state index contributed by atoms with van der Waals surface area (Å²) in [5.41, 5.74) is -1.95. The van der Waals surface area contributed by atoms with Crippen LogP contribution in [-0.2, 0) is 17.1 Å². The van der Waals surface area contributed by atoms with Crippen LogP contribution in [0, 0.1) is 0 Å². The van der Waals surface area contributed by atoms with Crippen LogP contribution in [0.15, 0.2) is 23.1 Å². The van der Waals surface area contributed by atoms with Crippen molar-refractivity contribution in [3.63, 3.8) is 0 Å². The van der Waals surface area contributed by atoms with Gasteiger partial charge in [-0.25, -0.2) is 4.98 Å². The van der Waals surface area contributed by atoms with E-state index in [1.54, 1.807) is 0 Å². The van der Waals surface area contributed by atoms with Gasteiger partial charge in [-0.3, -0.25) is 14.6 Å². The third-order valence-corrected chi connectivity index (χ3v) is 3.18. The molecule has 8 nitrogen and oxygen atoms in total. The van der Waals surface area contributed by atoms with Gasteiger partial charge in [-0.1, -0.05) is 11.6 Å². The summed E-state index contributed by atoms with van der Waals surface area (Å²) < 4.78 is 28.2. The molecule has 128 valence electrons. The number of rotatable bonds is 6. The van der Waals surface area contributed by atoms with E-state index in [2.05, 4.69) is 20.3 Å². The van der Waals surface area contributed by atoms with E-state index in [4.69, 9.17) is 16.7 Å². The highest BCUT2D eigenvalue weighted by Gasteiger charge is 2.36. The van der Waals surface area contributed by atoms with Crippen LogP contribution >= 0.6 is 11.6 Å². The van der Waals surface area contributed by atoms with Gasteiger partial charge in [0.2, 0.25) is 0 Å². The van der Waals surface area contributed by atoms with Gasteiger partial charge in [0.05, 0.1) is 18.7 Å². The second kappa shape index (κ2) is 6.79. The minimum absolute atomic E-state index is 0.185. The molecular weight excluding hydrogens is 350 g/mol. The zero-order valence-electron chi connectivity index (χ0n) is 11.9. The van der Waals surface area contributed by atoms with Crippen molar-refractivity contribution in [3.8, 4) is 5.75 Å². The number of nitrogens with zero attached hydrogens (tertiary/aromatic N) is 2. The number of hydrogen-bond acceptors (Lipinski definition) is 6. The van der Waals surface area contributed by atoms with Gasteiger partial charge in [-0.2, -0.15) is 8.78 Å². The molecule has 0 spiro atoms. The first-order valence-corrected chi connectivity index (χ1v) is 6.85. The lowest BCUT2D eigenvalue weighted by molar-refractivity contribution is -0.136. The Hall–Kier alpha value is -2.75. The van der Waals surface area contributed by atoms with Crippen LogP contribution < -0.4 is 10.9 Å². The second-order valence-corrected chi connectivity index (χ2v) is 5.05. The Morgan fingerprint density at radius 2 is 2.17 bits per heavy atom. The summed E-state index contributed by atoms with van der Waals surface area (Å²) >= 11 is 5.65. The highest BCUT2D eigenvalue weighted by atomic mass is 35.5. The number of alkyl halides is 2. The molecule has 0 aromatic carbocycles. The summed E-state index contributed by atoms with van der Waals surface area (Å²) in [5.74, 6) is -6.09. The molecule has 0 aliphatic heterocycles. The monoisotopic (exact) mass is 360 g/mol. The van der Waals surface area contributed by atoms with Crippen molar-refractivity contribution in [2.24, 2.45) is 0 Å². The van der Waals surface area contributed by atoms with Gasteiger partial charge in [0, 0.05) is 6.20 Å². The highest BCUT2D eigenvalue weighted by molar-refractivity contribution is 6.30. The first-order valence-electron chi connectivity index (χ1n) is 6.47. The zero-order valence-corrected chi connectivity index (χ0v) is 12.6. The van der Waals surface area contributed by atoms with Crippen LogP contribution in [0.2, 0.25) is 5.15 Å². The zero-order chi connectivity index (χ0) is 17.9. The van der Waals surface area contributed by atoms with Crippen molar-refractivity contribution in [3.05, 3.63) is 45.2 Å². The van der Waals surface area contributed by atoms with Gasteiger partial charge in [-0.15, -0.1) is 0 Å². The predicted octanol–water partition coefficient (Wildman–Crippen LogP) is 1.35. The molecular formula is C13H11ClF2N4O4. The predicted molar refractivity (Wildman–Crippen MR) is 79.5 cm³/mol. The number of halogens is 3. The average molecular weight is 361 g/mol. The maximum absolute atomic E-state index is 14.1. The highest BCUT2D eigenvalue weighted by Crippen LogP contribution is 2.32. The van der Waals surface area contributed by atoms with Crippen LogP contribution in [-0.4, -0.2) is 37.7 Å². The van der Waals surface area contributed by atoms with E-state index < -0.39 is 47.7 Å². The van der Waals surface area contributed by atoms with Crippen molar-refractivity contribution in [1.82, 2.24) is 15.0 Å². The van der Waals surface area contributed by atoms with Crippen LogP contribution in [0.5, 0.6) is 5.75 Å². The Kier molecular flexibility index (Phi) is 4.98. The fourth-order valence-corrected chi connectivity index (χ4v) is 2.00. The first kappa shape index (κ1) is 17.6. The van der Waals surface area contributed by atoms with Gasteiger partial charge in [-0.05, 0) is 12.1 Å². The number of carboxylic acids is 1. The number of aliphatic carboxylic acids is 1. The van der Waals surface area contributed by atoms with Gasteiger partial charge in [0.15, 0.2) is 11.5 Å². The maximum atomic E-state index is 14.1. The Morgan fingerprint density at radius 3 is 2.79 bits per heavy atom. The van der Waals surface area contributed by atoms with Crippen molar-refractivity contribution >= 4 is 23.4 Å². The lowest BCUT2D eigenvalue weighted by atomic mass is 10.2. The van der Waals surface area contributed by atoms with E-state index >= 15 is 0 Å². The minimum atomic E-state index is -3.61. The largest absolute Gasteiger partial charge is 0.506 e. The number of aromatic hydroxyl groups is 1. The molecule has 0 saturated heterocycles. The molecule has 2 rings (SSSR count). The number of H-pyrrole nitrogens is 1. The molecule has 0 aliphatic carbocycles. The molecule has 0 aliphatic rings. The maximum Gasteiger partial charge on any atom is 0.310 e. The van der Waals surface area contributed by atoms with Crippen LogP contribution in [0.25, 0.3) is 0 Å². The Balaban J connectivity index is 2.24. The topological polar surface area (TPSA) is 128 Å². The van der Waals surface area contributed by atoms with E-state index in [1.165, 1.54) is 6.07 Å². The van der Waals surface area contributed by atoms with E-state index in [1.807, 2.05) is 0 Å². The Bertz CT molecular complexity index is 828. The van der Waals surface area contributed by atoms with E-state index in [9.17, 15) is 23.5 Å². The summed E-state index contributed by atoms with van der Waals surface area (Å²) in [5, 5.41) is 20.0. The number of nitrogens with one attached hydrogen (secondary N) is 2. The summed E-state index contributed by atoms with van der Waals surface area (Å²) in [6.07, 6.45) is 0.489. The number of pyridine rings is 1. The summed E-state index contributed by atoms with van der Waals surface area (Å²) in [6, 6.07) is 2.33. The molecule has 0 bridgehead atoms. The molecule has 0 amide bonds. The van der Waals surface area contributed by atoms with Crippen molar-refractivity contribution in [2.75, 3.05) is 11.9 Å². The molecule has 2 aromatic heterocycles. The fourth-order valence-electron chi connectivity index (χ4n) is 1.80. The standard InChI is InChI=1S/C13H11ClF2N4O4/c14-10-6(4-8(22)23)19-11(12(24)20-10)18-5-13(15,16)9-7(21)2-1-3-17-9/h1-3,21H,4-5H2,(H,18,19)(H,20,24)(H,22,23). The van der Waals surface area contributed by atoms with Crippen molar-refractivity contribution < 1.29 is 23.8 Å². The van der Waals surface area contributed by atoms with Gasteiger partial charge in [0.1, 0.15) is 10.9 Å². The molecule has 0 fully saturated rings. The number of carboxylic acid groups (broad SMARTS) is 1. The Labute approximate surface area is 138 Å². The normalized spacial score (nSPS) is 11.3. The first-order chi connectivity index (χ1) is 11.2. The van der Waals surface area contributed by atoms with E-state index in [0.29, 0.717) is 0 Å². The lowest BCUT2D eigenvalue weighted by Crippen LogP contribution is -2.29. The summed E-state index contributed by atoms with van der Waals surface area (Å²) in [6.45, 7) is -1.10. The third kappa shape index (κ3) is 3.96. The van der Waals surface area contributed by atoms with Gasteiger partial charge < -0.3 is 20.5 Å². The molecule has 0 atom stereocenters. The van der Waals surface area contributed by atoms with Gasteiger partial charge >= 0.3 is 11.9 Å².